The van der Waals surface area contributed by atoms with Crippen LogP contribution in [0.1, 0.15) is 31.9 Å². The maximum Gasteiger partial charge on any atom is 0.407 e. The molecule has 2 rings (SSSR count). The van der Waals surface area contributed by atoms with Crippen molar-refractivity contribution in [3.8, 4) is 5.75 Å². The zero-order valence-electron chi connectivity index (χ0n) is 17.1. The molecule has 0 aromatic heterocycles. The zero-order chi connectivity index (χ0) is 21.4. The molecule has 0 aliphatic rings. The third-order valence-corrected chi connectivity index (χ3v) is 4.65. The second-order valence-corrected chi connectivity index (χ2v) is 8.45. The van der Waals surface area contributed by atoms with E-state index in [0.717, 1.165) is 11.1 Å². The quantitative estimate of drug-likeness (QED) is 0.576. The van der Waals surface area contributed by atoms with E-state index in [1.54, 1.807) is 25.3 Å². The van der Waals surface area contributed by atoms with Crippen LogP contribution in [0.5, 0.6) is 5.75 Å². The third-order valence-electron chi connectivity index (χ3n) is 3.94. The molecule has 2 aromatic rings. The van der Waals surface area contributed by atoms with Crippen molar-refractivity contribution in [2.45, 2.75) is 45.4 Å². The number of hydrogen-bond donors (Lipinski definition) is 1. The first-order valence-electron chi connectivity index (χ1n) is 9.31. The van der Waals surface area contributed by atoms with Crippen LogP contribution in [0.3, 0.4) is 0 Å². The van der Waals surface area contributed by atoms with Crippen LogP contribution in [0.2, 0.25) is 10.0 Å². The number of hydrogen-bond acceptors (Lipinski definition) is 4. The van der Waals surface area contributed by atoms with E-state index in [2.05, 4.69) is 5.32 Å². The van der Waals surface area contributed by atoms with Crippen LogP contribution in [-0.4, -0.2) is 31.5 Å². The Morgan fingerprint density at radius 2 is 1.69 bits per heavy atom. The SMILES string of the molecule is COC[C@H](Cc1ccc(OCc2c(Cl)cccc2Cl)cc1)NC(=O)OC(C)(C)C. The van der Waals surface area contributed by atoms with Crippen molar-refractivity contribution in [2.24, 2.45) is 0 Å². The van der Waals surface area contributed by atoms with E-state index >= 15 is 0 Å². The highest BCUT2D eigenvalue weighted by atomic mass is 35.5. The van der Waals surface area contributed by atoms with Gasteiger partial charge in [0.15, 0.2) is 0 Å². The molecule has 0 unspecified atom stereocenters. The lowest BCUT2D eigenvalue weighted by Crippen LogP contribution is -2.42. The van der Waals surface area contributed by atoms with Gasteiger partial charge in [-0.15, -0.1) is 0 Å². The summed E-state index contributed by atoms with van der Waals surface area (Å²) in [5.41, 5.74) is 1.23. The number of alkyl carbamates (subject to hydrolysis) is 1. The Kier molecular flexibility index (Phi) is 8.62. The van der Waals surface area contributed by atoms with Gasteiger partial charge in [-0.05, 0) is 57.0 Å². The predicted molar refractivity (Wildman–Crippen MR) is 116 cm³/mol. The number of carbonyl (C=O) groups excluding carboxylic acids is 1. The first-order valence-corrected chi connectivity index (χ1v) is 10.1. The minimum atomic E-state index is -0.550. The van der Waals surface area contributed by atoms with Crippen molar-refractivity contribution in [3.05, 3.63) is 63.6 Å². The van der Waals surface area contributed by atoms with Crippen molar-refractivity contribution >= 4 is 29.3 Å². The first-order chi connectivity index (χ1) is 13.7. The van der Waals surface area contributed by atoms with Crippen molar-refractivity contribution < 1.29 is 19.0 Å². The summed E-state index contributed by atoms with van der Waals surface area (Å²) in [6.45, 7) is 6.14. The molecule has 0 radical (unpaired) electrons. The molecule has 1 N–H and O–H groups in total. The lowest BCUT2D eigenvalue weighted by molar-refractivity contribution is 0.0469. The Morgan fingerprint density at radius 1 is 1.07 bits per heavy atom. The fourth-order valence-corrected chi connectivity index (χ4v) is 3.17. The van der Waals surface area contributed by atoms with E-state index in [9.17, 15) is 4.79 Å². The molecule has 0 spiro atoms. The molecule has 5 nitrogen and oxygen atoms in total. The number of rotatable bonds is 8. The number of carbonyl (C=O) groups is 1. The minimum Gasteiger partial charge on any atom is -0.489 e. The standard InChI is InChI=1S/C22H27Cl2NO4/c1-22(2,3)29-21(26)25-16(13-27-4)12-15-8-10-17(11-9-15)28-14-18-19(23)6-5-7-20(18)24/h5-11,16H,12-14H2,1-4H3,(H,25,26)/t16-/m0/s1. The van der Waals surface area contributed by atoms with Crippen molar-refractivity contribution in [3.63, 3.8) is 0 Å². The van der Waals surface area contributed by atoms with Gasteiger partial charge in [0.25, 0.3) is 0 Å². The van der Waals surface area contributed by atoms with E-state index in [0.29, 0.717) is 28.8 Å². The normalized spacial score (nSPS) is 12.3. The highest BCUT2D eigenvalue weighted by molar-refractivity contribution is 6.35. The summed E-state index contributed by atoms with van der Waals surface area (Å²) in [6.07, 6.45) is 0.139. The lowest BCUT2D eigenvalue weighted by atomic mass is 10.1. The monoisotopic (exact) mass is 439 g/mol. The summed E-state index contributed by atoms with van der Waals surface area (Å²) in [5, 5.41) is 4.00. The van der Waals surface area contributed by atoms with Gasteiger partial charge in [-0.3, -0.25) is 0 Å². The summed E-state index contributed by atoms with van der Waals surface area (Å²) in [7, 11) is 1.60. The third kappa shape index (κ3) is 8.13. The maximum absolute atomic E-state index is 12.0. The van der Waals surface area contributed by atoms with E-state index in [1.165, 1.54) is 0 Å². The van der Waals surface area contributed by atoms with E-state index < -0.39 is 11.7 Å². The van der Waals surface area contributed by atoms with Gasteiger partial charge >= 0.3 is 6.09 Å². The zero-order valence-corrected chi connectivity index (χ0v) is 18.6. The fourth-order valence-electron chi connectivity index (χ4n) is 2.66. The van der Waals surface area contributed by atoms with Crippen LogP contribution in [-0.2, 0) is 22.5 Å². The minimum absolute atomic E-state index is 0.205. The summed E-state index contributed by atoms with van der Waals surface area (Å²) in [4.78, 5) is 12.0. The molecule has 0 aliphatic carbocycles. The topological polar surface area (TPSA) is 56.8 Å². The predicted octanol–water partition coefficient (Wildman–Crippen LogP) is 5.65. The van der Waals surface area contributed by atoms with Crippen molar-refractivity contribution in [1.82, 2.24) is 5.32 Å². The average Bonchev–Trinajstić information content (AvgIpc) is 2.61. The molecule has 2 aromatic carbocycles. The molecule has 0 aliphatic heterocycles. The highest BCUT2D eigenvalue weighted by Crippen LogP contribution is 2.26. The Labute approximate surface area is 182 Å². The molecule has 0 saturated carbocycles. The van der Waals surface area contributed by atoms with E-state index in [-0.39, 0.29) is 12.6 Å². The molecule has 1 atom stereocenters. The smallest absolute Gasteiger partial charge is 0.407 e. The van der Waals surface area contributed by atoms with Crippen LogP contribution in [0.15, 0.2) is 42.5 Å². The Hall–Kier alpha value is -1.95. The Balaban J connectivity index is 1.94. The number of nitrogens with one attached hydrogen (secondary N) is 1. The number of ether oxygens (including phenoxy) is 3. The molecular formula is C22H27Cl2NO4. The first kappa shape index (κ1) is 23.3. The van der Waals surface area contributed by atoms with Gasteiger partial charge < -0.3 is 19.5 Å². The van der Waals surface area contributed by atoms with Gasteiger partial charge in [0.2, 0.25) is 0 Å². The largest absolute Gasteiger partial charge is 0.489 e. The molecular weight excluding hydrogens is 413 g/mol. The van der Waals surface area contributed by atoms with Crippen LogP contribution in [0, 0.1) is 0 Å². The summed E-state index contributed by atoms with van der Waals surface area (Å²) < 4.78 is 16.3. The average molecular weight is 440 g/mol. The van der Waals surface area contributed by atoms with Gasteiger partial charge in [-0.2, -0.15) is 0 Å². The van der Waals surface area contributed by atoms with Crippen LogP contribution < -0.4 is 10.1 Å². The van der Waals surface area contributed by atoms with Crippen molar-refractivity contribution in [1.29, 1.82) is 0 Å². The number of benzene rings is 2. The van der Waals surface area contributed by atoms with Crippen LogP contribution in [0.4, 0.5) is 4.79 Å². The molecule has 0 fully saturated rings. The molecule has 0 bridgehead atoms. The van der Waals surface area contributed by atoms with Gasteiger partial charge in [0, 0.05) is 22.7 Å². The molecule has 0 heterocycles. The molecule has 0 saturated heterocycles. The number of methoxy groups -OCH3 is 1. The maximum atomic E-state index is 12.0. The summed E-state index contributed by atoms with van der Waals surface area (Å²) >= 11 is 12.3. The Bertz CT molecular complexity index is 783. The second kappa shape index (κ2) is 10.7. The van der Waals surface area contributed by atoms with Gasteiger partial charge in [-0.1, -0.05) is 41.4 Å². The molecule has 7 heteroatoms. The lowest BCUT2D eigenvalue weighted by Gasteiger charge is -2.23. The van der Waals surface area contributed by atoms with Gasteiger partial charge in [-0.25, -0.2) is 4.79 Å². The van der Waals surface area contributed by atoms with Crippen molar-refractivity contribution in [2.75, 3.05) is 13.7 Å². The summed E-state index contributed by atoms with van der Waals surface area (Å²) in [5.74, 6) is 0.702. The molecule has 1 amide bonds. The number of halogens is 2. The van der Waals surface area contributed by atoms with E-state index in [1.807, 2.05) is 45.0 Å². The highest BCUT2D eigenvalue weighted by Gasteiger charge is 2.20. The molecule has 158 valence electrons. The molecule has 29 heavy (non-hydrogen) atoms. The van der Waals surface area contributed by atoms with Gasteiger partial charge in [0.1, 0.15) is 18.0 Å². The fraction of sp³-hybridized carbons (Fsp3) is 0.409. The second-order valence-electron chi connectivity index (χ2n) is 7.64. The number of amides is 1. The van der Waals surface area contributed by atoms with Gasteiger partial charge in [0.05, 0.1) is 12.6 Å². The van der Waals surface area contributed by atoms with E-state index in [4.69, 9.17) is 37.4 Å². The van der Waals surface area contributed by atoms with Crippen LogP contribution >= 0.6 is 23.2 Å². The summed E-state index contributed by atoms with van der Waals surface area (Å²) in [6, 6.07) is 12.8. The Morgan fingerprint density at radius 3 is 2.24 bits per heavy atom. The van der Waals surface area contributed by atoms with Crippen LogP contribution in [0.25, 0.3) is 0 Å².